The summed E-state index contributed by atoms with van der Waals surface area (Å²) in [6, 6.07) is 2.80. The van der Waals surface area contributed by atoms with Crippen LogP contribution in [0.3, 0.4) is 0 Å². The maximum atomic E-state index is 11.6. The normalized spacial score (nSPS) is 35.3. The molecule has 3 heteroatoms. The number of rotatable bonds is 1. The molecule has 1 saturated heterocycles. The number of ketones is 1. The van der Waals surface area contributed by atoms with Crippen LogP contribution in [0.1, 0.15) is 47.3 Å². The zero-order valence-electron chi connectivity index (χ0n) is 11.6. The number of likely N-dealkylation sites (N-methyl/N-ethyl adjacent to an activating group) is 1. The Bertz CT molecular complexity index is 507. The van der Waals surface area contributed by atoms with Crippen molar-refractivity contribution in [3.8, 4) is 0 Å². The van der Waals surface area contributed by atoms with E-state index in [4.69, 9.17) is 0 Å². The summed E-state index contributed by atoms with van der Waals surface area (Å²) in [6.45, 7) is 7.64. The van der Waals surface area contributed by atoms with Crippen LogP contribution in [0.5, 0.6) is 0 Å². The summed E-state index contributed by atoms with van der Waals surface area (Å²) in [7, 11) is 2.24. The summed E-state index contributed by atoms with van der Waals surface area (Å²) in [5, 5.41) is 0. The standard InChI is InChI=1S/C15H21NOS/c1-9-12-7-11-8-13(10(2)17)18-14(11)15(9,3)5-6-16(12)4/h8-9,12H,5-7H2,1-4H3/t9-,12?,15+/m0/s1. The third-order valence-electron chi connectivity index (χ3n) is 5.24. The molecule has 0 aromatic carbocycles. The number of thiophene rings is 1. The van der Waals surface area contributed by atoms with E-state index in [1.807, 2.05) is 0 Å². The van der Waals surface area contributed by atoms with Gasteiger partial charge in [-0.3, -0.25) is 4.79 Å². The monoisotopic (exact) mass is 263 g/mol. The quantitative estimate of drug-likeness (QED) is 0.726. The van der Waals surface area contributed by atoms with Crippen molar-refractivity contribution in [3.63, 3.8) is 0 Å². The van der Waals surface area contributed by atoms with Gasteiger partial charge in [0.1, 0.15) is 0 Å². The van der Waals surface area contributed by atoms with Gasteiger partial charge in [-0.2, -0.15) is 0 Å². The Morgan fingerprint density at radius 1 is 1.56 bits per heavy atom. The van der Waals surface area contributed by atoms with Crippen molar-refractivity contribution in [1.29, 1.82) is 0 Å². The van der Waals surface area contributed by atoms with E-state index in [1.54, 1.807) is 18.3 Å². The van der Waals surface area contributed by atoms with Gasteiger partial charge in [0.2, 0.25) is 0 Å². The van der Waals surface area contributed by atoms with E-state index < -0.39 is 0 Å². The van der Waals surface area contributed by atoms with Gasteiger partial charge in [0, 0.05) is 16.3 Å². The second-order valence-corrected chi connectivity index (χ2v) is 7.28. The first-order valence-electron chi connectivity index (χ1n) is 6.78. The second-order valence-electron chi connectivity index (χ2n) is 6.23. The molecular weight excluding hydrogens is 242 g/mol. The number of hydrogen-bond donors (Lipinski definition) is 0. The fraction of sp³-hybridized carbons (Fsp3) is 0.667. The van der Waals surface area contributed by atoms with Crippen molar-refractivity contribution in [2.45, 2.75) is 45.1 Å². The van der Waals surface area contributed by atoms with E-state index in [0.29, 0.717) is 12.0 Å². The SMILES string of the molecule is CC(=O)c1cc2c(s1)[C@]1(C)CCN(C)C(C2)[C@@H]1C. The van der Waals surface area contributed by atoms with E-state index in [9.17, 15) is 4.79 Å². The molecule has 0 N–H and O–H groups in total. The number of fused-ring (bicyclic) bond motifs is 4. The highest BCUT2D eigenvalue weighted by molar-refractivity contribution is 7.14. The van der Waals surface area contributed by atoms with E-state index in [-0.39, 0.29) is 11.2 Å². The minimum Gasteiger partial charge on any atom is -0.303 e. The second kappa shape index (κ2) is 3.91. The number of carbonyl (C=O) groups excluding carboxylic acids is 1. The first-order chi connectivity index (χ1) is 8.43. The van der Waals surface area contributed by atoms with Crippen molar-refractivity contribution in [2.75, 3.05) is 13.6 Å². The van der Waals surface area contributed by atoms with Crippen LogP contribution < -0.4 is 0 Å². The van der Waals surface area contributed by atoms with Gasteiger partial charge in [-0.1, -0.05) is 13.8 Å². The number of Topliss-reactive ketones (excluding diaryl/α,β-unsaturated/α-hetero) is 1. The summed E-state index contributed by atoms with van der Waals surface area (Å²) in [4.78, 5) is 16.5. The van der Waals surface area contributed by atoms with Crippen LogP contribution >= 0.6 is 11.3 Å². The molecule has 2 bridgehead atoms. The Labute approximate surface area is 113 Å². The zero-order chi connectivity index (χ0) is 13.1. The van der Waals surface area contributed by atoms with Gasteiger partial charge in [0.25, 0.3) is 0 Å². The Morgan fingerprint density at radius 2 is 2.28 bits per heavy atom. The molecule has 2 aliphatic rings. The lowest BCUT2D eigenvalue weighted by Gasteiger charge is -2.52. The van der Waals surface area contributed by atoms with Crippen LogP contribution in [0.2, 0.25) is 0 Å². The van der Waals surface area contributed by atoms with Gasteiger partial charge in [-0.05, 0) is 50.9 Å². The molecule has 1 aliphatic carbocycles. The molecule has 1 fully saturated rings. The average molecular weight is 263 g/mol. The topological polar surface area (TPSA) is 20.3 Å². The molecule has 3 atom stereocenters. The summed E-state index contributed by atoms with van der Waals surface area (Å²) < 4.78 is 0. The lowest BCUT2D eigenvalue weighted by atomic mass is 9.62. The van der Waals surface area contributed by atoms with Crippen LogP contribution in [0.4, 0.5) is 0 Å². The first kappa shape index (κ1) is 12.4. The van der Waals surface area contributed by atoms with Gasteiger partial charge in [-0.25, -0.2) is 0 Å². The summed E-state index contributed by atoms with van der Waals surface area (Å²) >= 11 is 1.75. The molecule has 18 heavy (non-hydrogen) atoms. The van der Waals surface area contributed by atoms with Crippen molar-refractivity contribution < 1.29 is 4.79 Å². The predicted molar refractivity (Wildman–Crippen MR) is 75.6 cm³/mol. The fourth-order valence-electron chi connectivity index (χ4n) is 3.72. The van der Waals surface area contributed by atoms with Gasteiger partial charge in [0.15, 0.2) is 5.78 Å². The largest absolute Gasteiger partial charge is 0.303 e. The minimum atomic E-state index is 0.216. The molecular formula is C15H21NOS. The van der Waals surface area contributed by atoms with Crippen molar-refractivity contribution in [3.05, 3.63) is 21.4 Å². The van der Waals surface area contributed by atoms with Crippen LogP contribution in [0, 0.1) is 5.92 Å². The van der Waals surface area contributed by atoms with Gasteiger partial charge < -0.3 is 4.90 Å². The smallest absolute Gasteiger partial charge is 0.169 e. The predicted octanol–water partition coefficient (Wildman–Crippen LogP) is 3.10. The van der Waals surface area contributed by atoms with Crippen LogP contribution in [0.15, 0.2) is 6.07 Å². The molecule has 0 spiro atoms. The van der Waals surface area contributed by atoms with E-state index in [2.05, 4.69) is 31.9 Å². The van der Waals surface area contributed by atoms with Crippen molar-refractivity contribution >= 4 is 17.1 Å². The first-order valence-corrected chi connectivity index (χ1v) is 7.59. The zero-order valence-corrected chi connectivity index (χ0v) is 12.4. The minimum absolute atomic E-state index is 0.216. The van der Waals surface area contributed by atoms with Gasteiger partial charge in [-0.15, -0.1) is 11.3 Å². The molecule has 1 unspecified atom stereocenters. The Morgan fingerprint density at radius 3 is 2.94 bits per heavy atom. The number of hydrogen-bond acceptors (Lipinski definition) is 3. The summed E-state index contributed by atoms with van der Waals surface area (Å²) in [5.41, 5.74) is 1.71. The Balaban J connectivity index is 2.12. The van der Waals surface area contributed by atoms with Crippen LogP contribution in [-0.2, 0) is 11.8 Å². The molecule has 3 rings (SSSR count). The van der Waals surface area contributed by atoms with Crippen molar-refractivity contribution in [1.82, 2.24) is 4.90 Å². The number of nitrogens with zero attached hydrogens (tertiary/aromatic N) is 1. The third kappa shape index (κ3) is 1.53. The molecule has 1 aromatic heterocycles. The van der Waals surface area contributed by atoms with Crippen molar-refractivity contribution in [2.24, 2.45) is 5.92 Å². The highest BCUT2D eigenvalue weighted by Gasteiger charge is 2.48. The Kier molecular flexibility index (Phi) is 2.69. The lowest BCUT2D eigenvalue weighted by Crippen LogP contribution is -2.56. The third-order valence-corrected chi connectivity index (χ3v) is 6.79. The van der Waals surface area contributed by atoms with Gasteiger partial charge in [0.05, 0.1) is 4.88 Å². The highest BCUT2D eigenvalue weighted by atomic mass is 32.1. The highest BCUT2D eigenvalue weighted by Crippen LogP contribution is 2.51. The number of piperidine rings is 1. The molecule has 0 saturated carbocycles. The van der Waals surface area contributed by atoms with Gasteiger partial charge >= 0.3 is 0 Å². The maximum Gasteiger partial charge on any atom is 0.169 e. The lowest BCUT2D eigenvalue weighted by molar-refractivity contribution is 0.0532. The molecule has 2 heterocycles. The Hall–Kier alpha value is -0.670. The van der Waals surface area contributed by atoms with Crippen LogP contribution in [-0.4, -0.2) is 30.3 Å². The number of likely N-dealkylation sites (tertiary alicyclic amines) is 1. The molecule has 0 radical (unpaired) electrons. The number of carbonyl (C=O) groups is 1. The van der Waals surface area contributed by atoms with E-state index in [0.717, 1.165) is 11.3 Å². The van der Waals surface area contributed by atoms with E-state index >= 15 is 0 Å². The maximum absolute atomic E-state index is 11.6. The van der Waals surface area contributed by atoms with E-state index in [1.165, 1.54) is 23.4 Å². The molecule has 98 valence electrons. The fourth-order valence-corrected chi connectivity index (χ4v) is 5.08. The summed E-state index contributed by atoms with van der Waals surface area (Å²) in [5.74, 6) is 0.899. The molecule has 1 aromatic rings. The molecule has 0 amide bonds. The molecule has 1 aliphatic heterocycles. The molecule has 2 nitrogen and oxygen atoms in total. The summed E-state index contributed by atoms with van der Waals surface area (Å²) in [6.07, 6.45) is 2.33. The van der Waals surface area contributed by atoms with Crippen LogP contribution in [0.25, 0.3) is 0 Å². The average Bonchev–Trinajstić information content (AvgIpc) is 2.74.